The summed E-state index contributed by atoms with van der Waals surface area (Å²) in [5.41, 5.74) is -0.124. The zero-order chi connectivity index (χ0) is 20.0. The molecule has 27 heavy (non-hydrogen) atoms. The lowest BCUT2D eigenvalue weighted by Crippen LogP contribution is -2.32. The van der Waals surface area contributed by atoms with Crippen LogP contribution in [0.15, 0.2) is 28.8 Å². The van der Waals surface area contributed by atoms with Gasteiger partial charge < -0.3 is 14.6 Å². The lowest BCUT2D eigenvalue weighted by atomic mass is 10.1. The van der Waals surface area contributed by atoms with Crippen molar-refractivity contribution in [1.29, 1.82) is 0 Å². The lowest BCUT2D eigenvalue weighted by molar-refractivity contribution is -0.384. The molecule has 0 aliphatic heterocycles. The highest BCUT2D eigenvalue weighted by Gasteiger charge is 2.25. The highest BCUT2D eigenvalue weighted by Crippen LogP contribution is 2.21. The van der Waals surface area contributed by atoms with Crippen molar-refractivity contribution in [3.8, 4) is 5.75 Å². The molecule has 0 saturated heterocycles. The lowest BCUT2D eigenvalue weighted by Gasteiger charge is -2.13. The number of aromatic nitrogens is 2. The van der Waals surface area contributed by atoms with Crippen LogP contribution in [0.1, 0.15) is 57.3 Å². The zero-order valence-electron chi connectivity index (χ0n) is 15.2. The van der Waals surface area contributed by atoms with Crippen molar-refractivity contribution in [2.24, 2.45) is 0 Å². The molecule has 0 fully saturated rings. The second-order valence-corrected chi connectivity index (χ2v) is 6.04. The van der Waals surface area contributed by atoms with E-state index in [-0.39, 0.29) is 35.4 Å². The van der Waals surface area contributed by atoms with Crippen molar-refractivity contribution >= 4 is 17.6 Å². The third-order valence-corrected chi connectivity index (χ3v) is 3.85. The average Bonchev–Trinajstić information content (AvgIpc) is 3.10. The molecule has 0 aliphatic carbocycles. The van der Waals surface area contributed by atoms with Gasteiger partial charge in [0.25, 0.3) is 5.69 Å². The third kappa shape index (κ3) is 5.59. The number of non-ortho nitro benzene ring substituents is 1. The summed E-state index contributed by atoms with van der Waals surface area (Å²) < 4.78 is 10.3. The van der Waals surface area contributed by atoms with Gasteiger partial charge >= 0.3 is 6.09 Å². The van der Waals surface area contributed by atoms with E-state index >= 15 is 0 Å². The molecule has 10 heteroatoms. The van der Waals surface area contributed by atoms with Gasteiger partial charge in [0.15, 0.2) is 5.82 Å². The Morgan fingerprint density at radius 1 is 1.33 bits per heavy atom. The molecular formula is C17H20N4O6. The van der Waals surface area contributed by atoms with Crippen LogP contribution in [0.3, 0.4) is 0 Å². The number of ether oxygens (including phenoxy) is 1. The van der Waals surface area contributed by atoms with Crippen LogP contribution in [0.25, 0.3) is 0 Å². The summed E-state index contributed by atoms with van der Waals surface area (Å²) in [6.07, 6.45) is -0.0814. The summed E-state index contributed by atoms with van der Waals surface area (Å²) in [6, 6.07) is 4.19. The minimum atomic E-state index is -0.849. The number of rotatable bonds is 8. The van der Waals surface area contributed by atoms with E-state index in [1.807, 2.05) is 13.8 Å². The first kappa shape index (κ1) is 20.0. The molecule has 1 N–H and O–H groups in total. The van der Waals surface area contributed by atoms with Crippen molar-refractivity contribution in [2.45, 2.75) is 45.6 Å². The Labute approximate surface area is 155 Å². The number of carbonyl (C=O) groups excluding carboxylic acids is 2. The van der Waals surface area contributed by atoms with E-state index in [9.17, 15) is 19.7 Å². The predicted molar refractivity (Wildman–Crippen MR) is 93.3 cm³/mol. The number of Topliss-reactive ketones (excluding diaryl/α,β-unsaturated/α-hetero) is 1. The van der Waals surface area contributed by atoms with Crippen LogP contribution in [0.5, 0.6) is 5.75 Å². The Kier molecular flexibility index (Phi) is 6.58. The SMILES string of the molecule is CC[C@H](C)c1noc([C@H](CC(C)=O)NC(=O)Oc2ccc([N+](=O)[O-])cc2)n1. The second kappa shape index (κ2) is 8.88. The monoisotopic (exact) mass is 376 g/mol. The topological polar surface area (TPSA) is 137 Å². The van der Waals surface area contributed by atoms with Gasteiger partial charge in [-0.05, 0) is 25.5 Å². The fourth-order valence-corrected chi connectivity index (χ4v) is 2.17. The molecule has 0 radical (unpaired) electrons. The van der Waals surface area contributed by atoms with Crippen molar-refractivity contribution in [3.05, 3.63) is 46.1 Å². The minimum Gasteiger partial charge on any atom is -0.410 e. The van der Waals surface area contributed by atoms with Crippen LogP contribution in [0.4, 0.5) is 10.5 Å². The van der Waals surface area contributed by atoms with Crippen LogP contribution in [-0.4, -0.2) is 26.9 Å². The molecule has 0 spiro atoms. The molecular weight excluding hydrogens is 356 g/mol. The van der Waals surface area contributed by atoms with Crippen molar-refractivity contribution < 1.29 is 23.8 Å². The van der Waals surface area contributed by atoms with E-state index in [4.69, 9.17) is 9.26 Å². The van der Waals surface area contributed by atoms with Gasteiger partial charge in [-0.15, -0.1) is 0 Å². The molecule has 1 amide bonds. The van der Waals surface area contributed by atoms with Crippen molar-refractivity contribution in [3.63, 3.8) is 0 Å². The molecule has 10 nitrogen and oxygen atoms in total. The minimum absolute atomic E-state index is 0.0441. The Balaban J connectivity index is 2.08. The van der Waals surface area contributed by atoms with Crippen molar-refractivity contribution in [1.82, 2.24) is 15.5 Å². The van der Waals surface area contributed by atoms with Gasteiger partial charge in [0.05, 0.1) is 4.92 Å². The van der Waals surface area contributed by atoms with E-state index in [0.717, 1.165) is 6.42 Å². The molecule has 1 aromatic heterocycles. The van der Waals surface area contributed by atoms with Gasteiger partial charge in [0.2, 0.25) is 5.89 Å². The molecule has 1 heterocycles. The van der Waals surface area contributed by atoms with Crippen LogP contribution in [0, 0.1) is 10.1 Å². The highest BCUT2D eigenvalue weighted by molar-refractivity contribution is 5.77. The maximum absolute atomic E-state index is 12.1. The number of nitrogens with zero attached hydrogens (tertiary/aromatic N) is 3. The molecule has 0 aliphatic rings. The molecule has 1 aromatic carbocycles. The van der Waals surface area contributed by atoms with E-state index in [2.05, 4.69) is 15.5 Å². The first-order valence-corrected chi connectivity index (χ1v) is 8.35. The summed E-state index contributed by atoms with van der Waals surface area (Å²) in [4.78, 5) is 38.0. The Bertz CT molecular complexity index is 817. The maximum atomic E-state index is 12.1. The summed E-state index contributed by atoms with van der Waals surface area (Å²) in [5.74, 6) is 0.615. The van der Waals surface area contributed by atoms with Gasteiger partial charge in [-0.2, -0.15) is 4.98 Å². The number of hydrogen-bond donors (Lipinski definition) is 1. The summed E-state index contributed by atoms with van der Waals surface area (Å²) >= 11 is 0. The summed E-state index contributed by atoms with van der Waals surface area (Å²) in [6.45, 7) is 5.29. The average molecular weight is 376 g/mol. The summed E-state index contributed by atoms with van der Waals surface area (Å²) in [7, 11) is 0. The smallest absolute Gasteiger partial charge is 0.410 e. The quantitative estimate of drug-likeness (QED) is 0.547. The molecule has 2 aromatic rings. The van der Waals surface area contributed by atoms with E-state index in [1.54, 1.807) is 0 Å². The number of carbonyl (C=O) groups is 2. The maximum Gasteiger partial charge on any atom is 0.413 e. The number of amides is 1. The molecule has 0 bridgehead atoms. The fourth-order valence-electron chi connectivity index (χ4n) is 2.17. The van der Waals surface area contributed by atoms with Gasteiger partial charge in [-0.3, -0.25) is 14.9 Å². The van der Waals surface area contributed by atoms with E-state index in [1.165, 1.54) is 31.2 Å². The summed E-state index contributed by atoms with van der Waals surface area (Å²) in [5, 5.41) is 17.0. The fraction of sp³-hybridized carbons (Fsp3) is 0.412. The molecule has 144 valence electrons. The number of hydrogen-bond acceptors (Lipinski definition) is 8. The Morgan fingerprint density at radius 3 is 2.56 bits per heavy atom. The van der Waals surface area contributed by atoms with Crippen molar-refractivity contribution in [2.75, 3.05) is 0 Å². The number of nitro groups is 1. The molecule has 0 unspecified atom stereocenters. The number of benzene rings is 1. The number of nitrogens with one attached hydrogen (secondary N) is 1. The number of nitro benzene ring substituents is 1. The number of ketones is 1. The van der Waals surface area contributed by atoms with Gasteiger partial charge in [0, 0.05) is 24.5 Å². The van der Waals surface area contributed by atoms with E-state index in [0.29, 0.717) is 5.82 Å². The van der Waals surface area contributed by atoms with Gasteiger partial charge in [-0.1, -0.05) is 19.0 Å². The normalized spacial score (nSPS) is 12.9. The van der Waals surface area contributed by atoms with Gasteiger partial charge in [0.1, 0.15) is 17.6 Å². The van der Waals surface area contributed by atoms with E-state index < -0.39 is 17.1 Å². The van der Waals surface area contributed by atoms with Crippen LogP contribution >= 0.6 is 0 Å². The molecule has 0 saturated carbocycles. The highest BCUT2D eigenvalue weighted by atomic mass is 16.6. The second-order valence-electron chi connectivity index (χ2n) is 6.04. The van der Waals surface area contributed by atoms with Crippen LogP contribution in [0.2, 0.25) is 0 Å². The Morgan fingerprint density at radius 2 is 2.00 bits per heavy atom. The van der Waals surface area contributed by atoms with Gasteiger partial charge in [-0.25, -0.2) is 4.79 Å². The van der Waals surface area contributed by atoms with Crippen LogP contribution < -0.4 is 10.1 Å². The zero-order valence-corrected chi connectivity index (χ0v) is 15.2. The third-order valence-electron chi connectivity index (χ3n) is 3.85. The first-order valence-electron chi connectivity index (χ1n) is 8.35. The first-order chi connectivity index (χ1) is 12.8. The largest absolute Gasteiger partial charge is 0.413 e. The Hall–Kier alpha value is -3.30. The van der Waals surface area contributed by atoms with Crippen LogP contribution in [-0.2, 0) is 4.79 Å². The molecule has 2 rings (SSSR count). The predicted octanol–water partition coefficient (Wildman–Crippen LogP) is 3.30. The standard InChI is InChI=1S/C17H20N4O6/c1-4-10(2)15-19-16(27-20-15)14(9-11(3)22)18-17(23)26-13-7-5-12(6-8-13)21(24)25/h5-8,10,14H,4,9H2,1-3H3,(H,18,23)/t10-,14-/m0/s1. The molecule has 2 atom stereocenters.